The van der Waals surface area contributed by atoms with Crippen LogP contribution in [0, 0.1) is 0 Å². The Bertz CT molecular complexity index is 473. The van der Waals surface area contributed by atoms with Gasteiger partial charge in [-0.05, 0) is 38.1 Å². The highest BCUT2D eigenvalue weighted by Crippen LogP contribution is 2.10. The predicted molar refractivity (Wildman–Crippen MR) is 91.1 cm³/mol. The van der Waals surface area contributed by atoms with Crippen molar-refractivity contribution < 1.29 is 19.3 Å². The van der Waals surface area contributed by atoms with Crippen molar-refractivity contribution in [2.45, 2.75) is 51.5 Å². The molecule has 1 aromatic rings. The molecule has 4 heteroatoms. The molecule has 0 aliphatic carbocycles. The molecule has 0 spiro atoms. The van der Waals surface area contributed by atoms with Gasteiger partial charge in [-0.25, -0.2) is 0 Å². The number of ether oxygens (including phenoxy) is 2. The molecule has 2 atom stereocenters. The summed E-state index contributed by atoms with van der Waals surface area (Å²) in [7, 11) is 1.72. The number of hydrogen-bond donors (Lipinski definition) is 2. The third-order valence-corrected chi connectivity index (χ3v) is 5.45. The van der Waals surface area contributed by atoms with E-state index in [9.17, 15) is 0 Å². The van der Waals surface area contributed by atoms with Gasteiger partial charge in [0.25, 0.3) is 0 Å². The summed E-state index contributed by atoms with van der Waals surface area (Å²) in [5, 5.41) is 0. The van der Waals surface area contributed by atoms with E-state index in [0.717, 1.165) is 18.3 Å². The van der Waals surface area contributed by atoms with E-state index in [4.69, 9.17) is 9.47 Å². The lowest BCUT2D eigenvalue weighted by Gasteiger charge is -2.39. The first-order chi connectivity index (χ1) is 11.1. The first-order valence-electron chi connectivity index (χ1n) is 9.10. The van der Waals surface area contributed by atoms with Gasteiger partial charge in [-0.15, -0.1) is 0 Å². The number of likely N-dealkylation sites (tertiary alicyclic amines) is 1. The largest absolute Gasteiger partial charge is 0.497 e. The Morgan fingerprint density at radius 3 is 2.22 bits per heavy atom. The second-order valence-electron chi connectivity index (χ2n) is 7.37. The lowest BCUT2D eigenvalue weighted by Crippen LogP contribution is -3.22. The third kappa shape index (κ3) is 4.46. The number of methoxy groups -OCH3 is 1. The molecule has 23 heavy (non-hydrogen) atoms. The SMILES string of the molecule is COc1ccc(C[NH+]2CCC([NH+]3C[C@@H](C)O[C@H](C)C3)CC2)cc1. The van der Waals surface area contributed by atoms with Crippen molar-refractivity contribution in [2.75, 3.05) is 33.3 Å². The third-order valence-electron chi connectivity index (χ3n) is 5.45. The molecule has 0 saturated carbocycles. The van der Waals surface area contributed by atoms with Crippen LogP contribution in [0.1, 0.15) is 32.3 Å². The van der Waals surface area contributed by atoms with E-state index >= 15 is 0 Å². The van der Waals surface area contributed by atoms with E-state index < -0.39 is 0 Å². The Labute approximate surface area is 140 Å². The maximum Gasteiger partial charge on any atom is 0.118 e. The number of rotatable bonds is 4. The lowest BCUT2D eigenvalue weighted by atomic mass is 10.0. The zero-order chi connectivity index (χ0) is 16.2. The van der Waals surface area contributed by atoms with Gasteiger partial charge >= 0.3 is 0 Å². The Morgan fingerprint density at radius 1 is 1.04 bits per heavy atom. The van der Waals surface area contributed by atoms with Gasteiger partial charge in [0.15, 0.2) is 0 Å². The van der Waals surface area contributed by atoms with Crippen molar-refractivity contribution in [3.63, 3.8) is 0 Å². The minimum absolute atomic E-state index is 0.415. The average molecular weight is 320 g/mol. The molecule has 1 aromatic carbocycles. The van der Waals surface area contributed by atoms with Gasteiger partial charge in [0.2, 0.25) is 0 Å². The quantitative estimate of drug-likeness (QED) is 0.813. The number of hydrogen-bond acceptors (Lipinski definition) is 2. The van der Waals surface area contributed by atoms with Crippen molar-refractivity contribution in [1.82, 2.24) is 0 Å². The van der Waals surface area contributed by atoms with Gasteiger partial charge in [-0.3, -0.25) is 0 Å². The van der Waals surface area contributed by atoms with Gasteiger partial charge in [0.05, 0.1) is 26.2 Å². The summed E-state index contributed by atoms with van der Waals surface area (Å²) in [5.74, 6) is 0.946. The van der Waals surface area contributed by atoms with Crippen molar-refractivity contribution >= 4 is 0 Å². The fraction of sp³-hybridized carbons (Fsp3) is 0.684. The molecule has 128 valence electrons. The Balaban J connectivity index is 1.48. The summed E-state index contributed by atoms with van der Waals surface area (Å²) in [6.07, 6.45) is 3.53. The number of quaternary nitrogens is 2. The molecule has 2 fully saturated rings. The number of piperidine rings is 1. The summed E-state index contributed by atoms with van der Waals surface area (Å²) >= 11 is 0. The van der Waals surface area contributed by atoms with Gasteiger partial charge in [-0.1, -0.05) is 0 Å². The molecule has 2 aliphatic rings. The molecule has 3 rings (SSSR count). The highest BCUT2D eigenvalue weighted by atomic mass is 16.5. The average Bonchev–Trinajstić information content (AvgIpc) is 2.55. The minimum atomic E-state index is 0.415. The molecular weight excluding hydrogens is 288 g/mol. The van der Waals surface area contributed by atoms with E-state index in [1.165, 1.54) is 44.6 Å². The summed E-state index contributed by atoms with van der Waals surface area (Å²) in [6.45, 7) is 10.5. The van der Waals surface area contributed by atoms with Crippen molar-refractivity contribution in [1.29, 1.82) is 0 Å². The zero-order valence-electron chi connectivity index (χ0n) is 14.8. The van der Waals surface area contributed by atoms with E-state index in [1.54, 1.807) is 16.9 Å². The fourth-order valence-corrected chi connectivity index (χ4v) is 4.29. The Kier molecular flexibility index (Phi) is 5.57. The highest BCUT2D eigenvalue weighted by molar-refractivity contribution is 5.26. The van der Waals surface area contributed by atoms with E-state index in [0.29, 0.717) is 12.2 Å². The van der Waals surface area contributed by atoms with E-state index in [1.807, 2.05) is 0 Å². The second-order valence-corrected chi connectivity index (χ2v) is 7.37. The van der Waals surface area contributed by atoms with Crippen LogP contribution in [0.25, 0.3) is 0 Å². The molecule has 0 amide bonds. The Hall–Kier alpha value is -1.10. The number of morpholine rings is 1. The molecular formula is C19H32N2O2+2. The summed E-state index contributed by atoms with van der Waals surface area (Å²) in [5.41, 5.74) is 1.42. The maximum atomic E-state index is 5.89. The van der Waals surface area contributed by atoms with Gasteiger partial charge < -0.3 is 19.3 Å². The molecule has 0 bridgehead atoms. The summed E-state index contributed by atoms with van der Waals surface area (Å²) in [4.78, 5) is 3.50. The van der Waals surface area contributed by atoms with Crippen molar-refractivity contribution in [2.24, 2.45) is 0 Å². The molecule has 2 N–H and O–H groups in total. The lowest BCUT2D eigenvalue weighted by molar-refractivity contribution is -0.970. The van der Waals surface area contributed by atoms with Crippen LogP contribution in [0.5, 0.6) is 5.75 Å². The minimum Gasteiger partial charge on any atom is -0.497 e. The van der Waals surface area contributed by atoms with Crippen LogP contribution in [0.15, 0.2) is 24.3 Å². The first-order valence-corrected chi connectivity index (χ1v) is 9.10. The molecule has 0 radical (unpaired) electrons. The highest BCUT2D eigenvalue weighted by Gasteiger charge is 2.34. The summed E-state index contributed by atoms with van der Waals surface area (Å²) in [6, 6.07) is 9.39. The molecule has 0 unspecified atom stereocenters. The van der Waals surface area contributed by atoms with Gasteiger partial charge in [0.1, 0.15) is 37.6 Å². The molecule has 2 saturated heterocycles. The van der Waals surface area contributed by atoms with Crippen molar-refractivity contribution in [3.8, 4) is 5.75 Å². The normalized spacial score (nSPS) is 35.0. The smallest absolute Gasteiger partial charge is 0.118 e. The van der Waals surface area contributed by atoms with Crippen LogP contribution in [-0.4, -0.2) is 51.5 Å². The van der Waals surface area contributed by atoms with E-state index in [-0.39, 0.29) is 0 Å². The molecule has 0 aromatic heterocycles. The van der Waals surface area contributed by atoms with Gasteiger partial charge in [-0.2, -0.15) is 0 Å². The van der Waals surface area contributed by atoms with Crippen LogP contribution >= 0.6 is 0 Å². The monoisotopic (exact) mass is 320 g/mol. The van der Waals surface area contributed by atoms with Crippen molar-refractivity contribution in [3.05, 3.63) is 29.8 Å². The predicted octanol–water partition coefficient (Wildman–Crippen LogP) is -0.0654. The van der Waals surface area contributed by atoms with E-state index in [2.05, 4.69) is 38.1 Å². The first kappa shape index (κ1) is 16.7. The molecule has 2 heterocycles. The number of benzene rings is 1. The Morgan fingerprint density at radius 2 is 1.65 bits per heavy atom. The van der Waals surface area contributed by atoms with Crippen LogP contribution in [0.2, 0.25) is 0 Å². The zero-order valence-corrected chi connectivity index (χ0v) is 14.8. The second kappa shape index (κ2) is 7.65. The van der Waals surface area contributed by atoms with Crippen LogP contribution < -0.4 is 14.5 Å². The summed E-state index contributed by atoms with van der Waals surface area (Å²) < 4.78 is 11.1. The molecule has 4 nitrogen and oxygen atoms in total. The fourth-order valence-electron chi connectivity index (χ4n) is 4.29. The standard InChI is InChI=1S/C19H30N2O2/c1-15-12-21(13-16(2)23-15)18-8-10-20(11-9-18)14-17-4-6-19(22-3)7-5-17/h4-7,15-16,18H,8-14H2,1-3H3/p+2/t15-,16-/m1/s1. The van der Waals surface area contributed by atoms with Crippen LogP contribution in [-0.2, 0) is 11.3 Å². The number of nitrogens with one attached hydrogen (secondary N) is 2. The van der Waals surface area contributed by atoms with Crippen LogP contribution in [0.4, 0.5) is 0 Å². The molecule has 2 aliphatic heterocycles. The van der Waals surface area contributed by atoms with Crippen LogP contribution in [0.3, 0.4) is 0 Å². The van der Waals surface area contributed by atoms with Gasteiger partial charge in [0, 0.05) is 18.4 Å². The maximum absolute atomic E-state index is 5.89. The topological polar surface area (TPSA) is 27.3 Å².